The number of aromatic nitrogens is 2. The van der Waals surface area contributed by atoms with Crippen molar-refractivity contribution in [3.8, 4) is 0 Å². The molecule has 1 saturated heterocycles. The maximum absolute atomic E-state index is 12.4. The molecule has 0 spiro atoms. The summed E-state index contributed by atoms with van der Waals surface area (Å²) >= 11 is 5.20. The Labute approximate surface area is 205 Å². The van der Waals surface area contributed by atoms with Gasteiger partial charge in [-0.3, -0.25) is 30.0 Å². The van der Waals surface area contributed by atoms with Crippen LogP contribution in [0.15, 0.2) is 30.6 Å². The summed E-state index contributed by atoms with van der Waals surface area (Å²) < 4.78 is 23.0. The first-order valence-electron chi connectivity index (χ1n) is 10.5. The number of esters is 3. The van der Waals surface area contributed by atoms with Crippen molar-refractivity contribution in [2.24, 2.45) is 0 Å². The van der Waals surface area contributed by atoms with Crippen LogP contribution in [0.1, 0.15) is 20.8 Å². The Balaban J connectivity index is 1.61. The van der Waals surface area contributed by atoms with E-state index < -0.39 is 48.4 Å². The average molecular weight is 508 g/mol. The van der Waals surface area contributed by atoms with Gasteiger partial charge in [-0.2, -0.15) is 0 Å². The lowest BCUT2D eigenvalue weighted by Gasteiger charge is -2.40. The summed E-state index contributed by atoms with van der Waals surface area (Å²) in [4.78, 5) is 51.4. The number of benzene rings is 1. The summed E-state index contributed by atoms with van der Waals surface area (Å²) in [6.07, 6.45) is -2.90. The van der Waals surface area contributed by atoms with Crippen molar-refractivity contribution in [3.05, 3.63) is 30.6 Å². The summed E-state index contributed by atoms with van der Waals surface area (Å²) in [7, 11) is 0. The van der Waals surface area contributed by atoms with Gasteiger partial charge < -0.3 is 28.8 Å². The average Bonchev–Trinajstić information content (AvgIpc) is 3.18. The number of carbonyl (C=O) groups excluding carboxylic acids is 4. The van der Waals surface area contributed by atoms with Gasteiger partial charge in [0.1, 0.15) is 6.54 Å². The standard InChI is InChI=1S/C21H25N5O8S/c1-11(27)32-16-9-31-20(19(34-13(3)29)18(16)33-12(2)28)23-21(35)25-24-17(30)8-26-10-22-14-6-4-5-7-15(14)26/h4-7,10,16,18-20H,8-9H2,1-3H3,(H,24,30)(H2,23,25,35)/t16-,18+,19-,20-/m1/s1. The highest BCUT2D eigenvalue weighted by atomic mass is 32.1. The number of carbonyl (C=O) groups is 4. The van der Waals surface area contributed by atoms with Crippen LogP contribution in [0.25, 0.3) is 11.0 Å². The van der Waals surface area contributed by atoms with Gasteiger partial charge in [0.05, 0.1) is 24.0 Å². The molecule has 2 aromatic rings. The molecule has 1 aromatic carbocycles. The third-order valence-corrected chi connectivity index (χ3v) is 5.00. The Morgan fingerprint density at radius 3 is 2.37 bits per heavy atom. The molecule has 1 amide bonds. The van der Waals surface area contributed by atoms with Gasteiger partial charge in [0.2, 0.25) is 0 Å². The lowest BCUT2D eigenvalue weighted by Crippen LogP contribution is -2.63. The molecule has 188 valence electrons. The number of ether oxygens (including phenoxy) is 4. The highest BCUT2D eigenvalue weighted by Gasteiger charge is 2.47. The van der Waals surface area contributed by atoms with E-state index in [9.17, 15) is 19.2 Å². The van der Waals surface area contributed by atoms with E-state index in [1.54, 1.807) is 10.9 Å². The summed E-state index contributed by atoms with van der Waals surface area (Å²) in [5, 5.41) is 2.68. The van der Waals surface area contributed by atoms with Gasteiger partial charge in [-0.05, 0) is 24.4 Å². The quantitative estimate of drug-likeness (QED) is 0.203. The summed E-state index contributed by atoms with van der Waals surface area (Å²) in [6, 6.07) is 7.37. The Bertz CT molecular complexity index is 1120. The van der Waals surface area contributed by atoms with E-state index >= 15 is 0 Å². The molecule has 1 aromatic heterocycles. The minimum Gasteiger partial charge on any atom is -0.456 e. The fourth-order valence-electron chi connectivity index (χ4n) is 3.49. The molecule has 14 heteroatoms. The Kier molecular flexibility index (Phi) is 8.54. The first-order valence-corrected chi connectivity index (χ1v) is 10.9. The van der Waals surface area contributed by atoms with Crippen molar-refractivity contribution >= 4 is 52.2 Å². The number of hydrogen-bond acceptors (Lipinski definition) is 10. The predicted octanol–water partition coefficient (Wildman–Crippen LogP) is -0.317. The molecule has 0 radical (unpaired) electrons. The van der Waals surface area contributed by atoms with Gasteiger partial charge in [0.25, 0.3) is 5.91 Å². The summed E-state index contributed by atoms with van der Waals surface area (Å²) in [5.41, 5.74) is 6.54. The molecule has 4 atom stereocenters. The number of thiocarbonyl (C=S) groups is 1. The van der Waals surface area contributed by atoms with Gasteiger partial charge >= 0.3 is 17.9 Å². The highest BCUT2D eigenvalue weighted by molar-refractivity contribution is 7.80. The molecular formula is C21H25N5O8S. The largest absolute Gasteiger partial charge is 0.456 e. The van der Waals surface area contributed by atoms with E-state index in [1.807, 2.05) is 24.3 Å². The number of nitrogens with zero attached hydrogens (tertiary/aromatic N) is 2. The first kappa shape index (κ1) is 25.8. The van der Waals surface area contributed by atoms with E-state index in [0.717, 1.165) is 18.0 Å². The molecule has 0 bridgehead atoms. The number of amides is 1. The second-order valence-corrected chi connectivity index (χ2v) is 7.97. The fraction of sp³-hybridized carbons (Fsp3) is 0.429. The zero-order valence-electron chi connectivity index (χ0n) is 19.2. The highest BCUT2D eigenvalue weighted by Crippen LogP contribution is 2.23. The molecule has 0 unspecified atom stereocenters. The second kappa shape index (κ2) is 11.6. The van der Waals surface area contributed by atoms with Crippen LogP contribution in [-0.4, -0.2) is 69.6 Å². The zero-order chi connectivity index (χ0) is 25.5. The van der Waals surface area contributed by atoms with Crippen LogP contribution < -0.4 is 16.2 Å². The molecule has 3 rings (SSSR count). The Hall–Kier alpha value is -3.78. The topological polar surface area (TPSA) is 159 Å². The molecule has 1 aliphatic rings. The number of hydrazine groups is 1. The molecule has 13 nitrogen and oxygen atoms in total. The van der Waals surface area contributed by atoms with Gasteiger partial charge in [0.15, 0.2) is 29.7 Å². The summed E-state index contributed by atoms with van der Waals surface area (Å²) in [5.74, 6) is -2.41. The van der Waals surface area contributed by atoms with Crippen molar-refractivity contribution in [3.63, 3.8) is 0 Å². The van der Waals surface area contributed by atoms with E-state index in [0.29, 0.717) is 0 Å². The molecule has 1 aliphatic heterocycles. The molecule has 0 saturated carbocycles. The maximum atomic E-state index is 12.4. The van der Waals surface area contributed by atoms with Crippen LogP contribution >= 0.6 is 12.2 Å². The minimum absolute atomic E-state index is 0.0231. The van der Waals surface area contributed by atoms with Crippen molar-refractivity contribution < 1.29 is 38.1 Å². The van der Waals surface area contributed by atoms with Gasteiger partial charge in [-0.25, -0.2) is 4.98 Å². The molecule has 0 aliphatic carbocycles. The minimum atomic E-state index is -1.21. The van der Waals surface area contributed by atoms with E-state index in [-0.39, 0.29) is 18.3 Å². The SMILES string of the molecule is CC(=O)O[C@@H]1[C@@H](OC(C)=O)[C@H](OC(C)=O)CO[C@H]1NC(=S)NNC(=O)Cn1cnc2ccccc21. The van der Waals surface area contributed by atoms with Gasteiger partial charge in [0, 0.05) is 20.8 Å². The Morgan fingerprint density at radius 2 is 1.69 bits per heavy atom. The van der Waals surface area contributed by atoms with Crippen LogP contribution in [0.2, 0.25) is 0 Å². The number of fused-ring (bicyclic) bond motifs is 1. The lowest BCUT2D eigenvalue weighted by molar-refractivity contribution is -0.227. The molecule has 1 fully saturated rings. The second-order valence-electron chi connectivity index (χ2n) is 7.56. The van der Waals surface area contributed by atoms with E-state index in [4.69, 9.17) is 31.2 Å². The fourth-order valence-corrected chi connectivity index (χ4v) is 3.65. The first-order chi connectivity index (χ1) is 16.6. The van der Waals surface area contributed by atoms with Crippen LogP contribution in [-0.2, 0) is 44.7 Å². The molecule has 2 heterocycles. The molecular weight excluding hydrogens is 482 g/mol. The van der Waals surface area contributed by atoms with Gasteiger partial charge in [-0.15, -0.1) is 0 Å². The molecule has 35 heavy (non-hydrogen) atoms. The Morgan fingerprint density at radius 1 is 1.03 bits per heavy atom. The van der Waals surface area contributed by atoms with Gasteiger partial charge in [-0.1, -0.05) is 12.1 Å². The van der Waals surface area contributed by atoms with Crippen LogP contribution in [0.5, 0.6) is 0 Å². The number of para-hydroxylation sites is 2. The number of imidazole rings is 1. The van der Waals surface area contributed by atoms with E-state index in [1.165, 1.54) is 13.8 Å². The smallest absolute Gasteiger partial charge is 0.303 e. The zero-order valence-corrected chi connectivity index (χ0v) is 20.0. The van der Waals surface area contributed by atoms with Crippen molar-refractivity contribution in [1.82, 2.24) is 25.7 Å². The normalized spacial score (nSPS) is 21.5. The maximum Gasteiger partial charge on any atom is 0.303 e. The van der Waals surface area contributed by atoms with Crippen LogP contribution in [0, 0.1) is 0 Å². The van der Waals surface area contributed by atoms with Crippen LogP contribution in [0.4, 0.5) is 0 Å². The van der Waals surface area contributed by atoms with Crippen LogP contribution in [0.3, 0.4) is 0 Å². The van der Waals surface area contributed by atoms with Crippen molar-refractivity contribution in [1.29, 1.82) is 0 Å². The van der Waals surface area contributed by atoms with Crippen molar-refractivity contribution in [2.45, 2.75) is 51.9 Å². The number of nitrogens with one attached hydrogen (secondary N) is 3. The van der Waals surface area contributed by atoms with Crippen molar-refractivity contribution in [2.75, 3.05) is 6.61 Å². The molecule has 3 N–H and O–H groups in total. The summed E-state index contributed by atoms with van der Waals surface area (Å²) in [6.45, 7) is 3.32. The third-order valence-electron chi connectivity index (χ3n) is 4.78. The number of hydrogen-bond donors (Lipinski definition) is 3. The lowest BCUT2D eigenvalue weighted by atomic mass is 10.0. The third kappa shape index (κ3) is 7.10. The monoisotopic (exact) mass is 507 g/mol. The van der Waals surface area contributed by atoms with E-state index in [2.05, 4.69) is 21.2 Å². The predicted molar refractivity (Wildman–Crippen MR) is 123 cm³/mol. The number of rotatable bonds is 6.